The van der Waals surface area contributed by atoms with Crippen molar-refractivity contribution >= 4 is 33.2 Å². The number of nitrogens with zero attached hydrogens (tertiary/aromatic N) is 1. The fourth-order valence-electron chi connectivity index (χ4n) is 2.59. The molecular formula is C17H17N3O5S. The summed E-state index contributed by atoms with van der Waals surface area (Å²) in [6, 6.07) is 12.6. The molecule has 0 aromatic heterocycles. The van der Waals surface area contributed by atoms with E-state index in [1.807, 2.05) is 0 Å². The van der Waals surface area contributed by atoms with E-state index < -0.39 is 15.9 Å². The Hall–Kier alpha value is -2.91. The number of nitrogens with one attached hydrogen (secondary N) is 1. The molecular weight excluding hydrogens is 358 g/mol. The van der Waals surface area contributed by atoms with Gasteiger partial charge in [-0.15, -0.1) is 0 Å². The summed E-state index contributed by atoms with van der Waals surface area (Å²) in [6.45, 7) is 0.0170. The zero-order valence-corrected chi connectivity index (χ0v) is 14.5. The van der Waals surface area contributed by atoms with E-state index in [2.05, 4.69) is 5.32 Å². The summed E-state index contributed by atoms with van der Waals surface area (Å²) in [5.41, 5.74) is 0.789. The van der Waals surface area contributed by atoms with Crippen molar-refractivity contribution in [1.29, 1.82) is 0 Å². The second kappa shape index (κ2) is 7.14. The van der Waals surface area contributed by atoms with E-state index in [0.29, 0.717) is 11.4 Å². The highest BCUT2D eigenvalue weighted by atomic mass is 32.2. The third-order valence-corrected chi connectivity index (χ3v) is 4.69. The van der Waals surface area contributed by atoms with Crippen LogP contribution in [-0.4, -0.2) is 33.4 Å². The molecule has 1 aliphatic rings. The zero-order valence-electron chi connectivity index (χ0n) is 13.7. The van der Waals surface area contributed by atoms with Crippen molar-refractivity contribution in [3.05, 3.63) is 48.5 Å². The lowest BCUT2D eigenvalue weighted by molar-refractivity contribution is -0.121. The number of rotatable bonds is 4. The second-order valence-electron chi connectivity index (χ2n) is 5.67. The Morgan fingerprint density at radius 3 is 2.73 bits per heavy atom. The van der Waals surface area contributed by atoms with Crippen LogP contribution in [0.3, 0.4) is 0 Å². The molecule has 0 saturated carbocycles. The average molecular weight is 375 g/mol. The van der Waals surface area contributed by atoms with Gasteiger partial charge in [0.2, 0.25) is 21.8 Å². The molecule has 3 rings (SSSR count). The molecule has 0 fully saturated rings. The van der Waals surface area contributed by atoms with Crippen LogP contribution in [0.2, 0.25) is 0 Å². The first kappa shape index (κ1) is 17.9. The molecule has 0 bridgehead atoms. The van der Waals surface area contributed by atoms with Crippen molar-refractivity contribution in [3.63, 3.8) is 0 Å². The molecule has 0 aliphatic carbocycles. The third-order valence-electron chi connectivity index (χ3n) is 3.78. The van der Waals surface area contributed by atoms with Gasteiger partial charge in [-0.25, -0.2) is 13.6 Å². The summed E-state index contributed by atoms with van der Waals surface area (Å²) >= 11 is 0. The summed E-state index contributed by atoms with van der Waals surface area (Å²) in [4.78, 5) is 25.9. The number of para-hydroxylation sites is 2. The molecule has 8 nitrogen and oxygen atoms in total. The number of hydrogen-bond donors (Lipinski definition) is 2. The van der Waals surface area contributed by atoms with E-state index in [-0.39, 0.29) is 36.1 Å². The number of carbonyl (C=O) groups excluding carboxylic acids is 2. The van der Waals surface area contributed by atoms with Crippen LogP contribution in [0, 0.1) is 0 Å². The normalized spacial score (nSPS) is 14.2. The predicted octanol–water partition coefficient (Wildman–Crippen LogP) is 1.09. The van der Waals surface area contributed by atoms with Crippen LogP contribution in [0.25, 0.3) is 0 Å². The quantitative estimate of drug-likeness (QED) is 0.829. The fourth-order valence-corrected chi connectivity index (χ4v) is 3.15. The number of carbonyl (C=O) groups is 2. The topological polar surface area (TPSA) is 119 Å². The van der Waals surface area contributed by atoms with E-state index >= 15 is 0 Å². The van der Waals surface area contributed by atoms with Gasteiger partial charge in [-0.2, -0.15) is 0 Å². The summed E-state index contributed by atoms with van der Waals surface area (Å²) in [6.07, 6.45) is 0.156. The van der Waals surface area contributed by atoms with Crippen LogP contribution in [0.1, 0.15) is 6.42 Å². The molecule has 0 spiro atoms. The number of sulfonamides is 1. The molecule has 2 aromatic carbocycles. The van der Waals surface area contributed by atoms with Crippen molar-refractivity contribution in [2.75, 3.05) is 23.4 Å². The number of benzene rings is 2. The Morgan fingerprint density at radius 1 is 1.19 bits per heavy atom. The largest absolute Gasteiger partial charge is 0.491 e. The molecule has 26 heavy (non-hydrogen) atoms. The van der Waals surface area contributed by atoms with Crippen molar-refractivity contribution in [1.82, 2.24) is 0 Å². The first-order chi connectivity index (χ1) is 12.3. The second-order valence-corrected chi connectivity index (χ2v) is 7.23. The Labute approximate surface area is 150 Å². The summed E-state index contributed by atoms with van der Waals surface area (Å²) in [5, 5.41) is 7.67. The van der Waals surface area contributed by atoms with E-state index in [4.69, 9.17) is 9.88 Å². The number of ether oxygens (including phenoxy) is 1. The molecule has 2 amide bonds. The van der Waals surface area contributed by atoms with Crippen LogP contribution < -0.4 is 20.1 Å². The maximum absolute atomic E-state index is 12.4. The molecule has 0 radical (unpaired) electrons. The van der Waals surface area contributed by atoms with Gasteiger partial charge in [-0.3, -0.25) is 14.5 Å². The molecule has 0 saturated heterocycles. The molecule has 1 heterocycles. The summed E-state index contributed by atoms with van der Waals surface area (Å²) in [5.74, 6) is -0.174. The number of anilines is 2. The Balaban J connectivity index is 1.79. The molecule has 9 heteroatoms. The lowest BCUT2D eigenvalue weighted by atomic mass is 10.2. The average Bonchev–Trinajstić information content (AvgIpc) is 2.74. The van der Waals surface area contributed by atoms with E-state index in [1.165, 1.54) is 29.2 Å². The highest BCUT2D eigenvalue weighted by Gasteiger charge is 2.25. The molecule has 0 unspecified atom stereocenters. The lowest BCUT2D eigenvalue weighted by Crippen LogP contribution is -2.37. The van der Waals surface area contributed by atoms with E-state index in [0.717, 1.165) is 0 Å². The zero-order chi connectivity index (χ0) is 18.7. The monoisotopic (exact) mass is 375 g/mol. The van der Waals surface area contributed by atoms with E-state index in [1.54, 1.807) is 24.3 Å². The Kier molecular flexibility index (Phi) is 4.92. The van der Waals surface area contributed by atoms with Crippen LogP contribution in [-0.2, 0) is 19.6 Å². The number of hydrogen-bond acceptors (Lipinski definition) is 5. The minimum Gasteiger partial charge on any atom is -0.491 e. The van der Waals surface area contributed by atoms with Gasteiger partial charge in [0, 0.05) is 5.69 Å². The van der Waals surface area contributed by atoms with E-state index in [9.17, 15) is 18.0 Å². The lowest BCUT2D eigenvalue weighted by Gasteiger charge is -2.21. The van der Waals surface area contributed by atoms with Gasteiger partial charge in [0.1, 0.15) is 12.3 Å². The number of amides is 2. The number of nitrogens with two attached hydrogens (primary N) is 1. The molecule has 3 N–H and O–H groups in total. The fraction of sp³-hybridized carbons (Fsp3) is 0.176. The predicted molar refractivity (Wildman–Crippen MR) is 95.4 cm³/mol. The van der Waals surface area contributed by atoms with Gasteiger partial charge < -0.3 is 10.1 Å². The van der Waals surface area contributed by atoms with Crippen molar-refractivity contribution in [3.8, 4) is 5.75 Å². The minimum absolute atomic E-state index is 0.111. The smallest absolute Gasteiger partial charge is 0.244 e. The minimum atomic E-state index is -3.87. The first-order valence-corrected chi connectivity index (χ1v) is 9.34. The first-order valence-electron chi connectivity index (χ1n) is 7.79. The van der Waals surface area contributed by atoms with Crippen molar-refractivity contribution in [2.24, 2.45) is 5.14 Å². The van der Waals surface area contributed by atoms with Crippen molar-refractivity contribution in [2.45, 2.75) is 11.3 Å². The molecule has 136 valence electrons. The molecule has 2 aromatic rings. The highest BCUT2D eigenvalue weighted by molar-refractivity contribution is 7.89. The molecule has 0 atom stereocenters. The standard InChI is InChI=1S/C17H17N3O5S/c18-26(23,24)13-5-3-4-12(10-13)19-16(21)11-20-14-6-1-2-7-15(14)25-9-8-17(20)22/h1-7,10H,8-9,11H2,(H,19,21)(H2,18,23,24). The van der Waals surface area contributed by atoms with Gasteiger partial charge in [0.05, 0.1) is 23.6 Å². The summed E-state index contributed by atoms with van der Waals surface area (Å²) < 4.78 is 28.3. The van der Waals surface area contributed by atoms with Crippen LogP contribution in [0.5, 0.6) is 5.75 Å². The van der Waals surface area contributed by atoms with Crippen molar-refractivity contribution < 1.29 is 22.7 Å². The summed E-state index contributed by atoms with van der Waals surface area (Å²) in [7, 11) is -3.87. The Bertz CT molecular complexity index is 958. The molecule has 1 aliphatic heterocycles. The van der Waals surface area contributed by atoms with Gasteiger partial charge in [0.15, 0.2) is 0 Å². The van der Waals surface area contributed by atoms with Gasteiger partial charge in [-0.05, 0) is 30.3 Å². The number of fused-ring (bicyclic) bond motifs is 1. The Morgan fingerprint density at radius 2 is 1.96 bits per heavy atom. The van der Waals surface area contributed by atoms with Crippen LogP contribution >= 0.6 is 0 Å². The van der Waals surface area contributed by atoms with Gasteiger partial charge in [0.25, 0.3) is 0 Å². The third kappa shape index (κ3) is 4.01. The highest BCUT2D eigenvalue weighted by Crippen LogP contribution is 2.30. The number of primary sulfonamides is 1. The van der Waals surface area contributed by atoms with Gasteiger partial charge in [-0.1, -0.05) is 18.2 Å². The maximum atomic E-state index is 12.4. The van der Waals surface area contributed by atoms with Crippen LogP contribution in [0.15, 0.2) is 53.4 Å². The SMILES string of the molecule is NS(=O)(=O)c1cccc(NC(=O)CN2C(=O)CCOc3ccccc32)c1. The van der Waals surface area contributed by atoms with Crippen LogP contribution in [0.4, 0.5) is 11.4 Å². The maximum Gasteiger partial charge on any atom is 0.244 e. The van der Waals surface area contributed by atoms with Gasteiger partial charge >= 0.3 is 0 Å².